The number of hydrogen-bond acceptors (Lipinski definition) is 10. The molecule has 0 spiro atoms. The fraction of sp³-hybridized carbons (Fsp3) is 0.800. The summed E-state index contributed by atoms with van der Waals surface area (Å²) >= 11 is 0. The molecule has 0 fully saturated rings. The number of carbonyl (C=O) groups excluding carboxylic acids is 2. The lowest BCUT2D eigenvalue weighted by Crippen LogP contribution is -2.29. The van der Waals surface area contributed by atoms with Gasteiger partial charge in [-0.1, -0.05) is 117 Å². The highest BCUT2D eigenvalue weighted by atomic mass is 31.2. The number of esters is 2. The molecule has 0 aliphatic carbocycles. The van der Waals surface area contributed by atoms with Crippen LogP contribution in [0.5, 0.6) is 0 Å². The fourth-order valence-electron chi connectivity index (χ4n) is 7.65. The van der Waals surface area contributed by atoms with Crippen molar-refractivity contribution >= 4 is 19.8 Å². The molecule has 0 radical (unpaired) electrons. The molecule has 2 heterocycles. The Morgan fingerprint density at radius 2 is 1.08 bits per heavy atom. The van der Waals surface area contributed by atoms with Crippen LogP contribution in [-0.2, 0) is 58.4 Å². The number of nitrogens with zero attached hydrogens (tertiary/aromatic N) is 1. The van der Waals surface area contributed by atoms with Crippen molar-refractivity contribution in [2.24, 2.45) is 0 Å². The zero-order valence-electron chi connectivity index (χ0n) is 40.3. The van der Waals surface area contributed by atoms with Crippen molar-refractivity contribution in [1.82, 2.24) is 4.90 Å². The fourth-order valence-corrected chi connectivity index (χ4v) is 8.39. The van der Waals surface area contributed by atoms with Crippen LogP contribution in [0.1, 0.15) is 208 Å². The van der Waals surface area contributed by atoms with Gasteiger partial charge in [-0.25, -0.2) is 4.57 Å². The molecule has 11 nitrogen and oxygen atoms in total. The minimum Gasteiger partial charge on any atom is -0.466 e. The summed E-state index contributed by atoms with van der Waals surface area (Å²) in [6.07, 6.45) is 27.9. The molecule has 0 aromatic carbocycles. The first-order chi connectivity index (χ1) is 29.8. The van der Waals surface area contributed by atoms with Crippen LogP contribution in [0.25, 0.3) is 0 Å². The SMILES string of the molecule is CCCCCc1cc(C)c(CCCCCCCCCCCCC(=O)OC[C@H](COP(=O)(O)OCCN(C)C)OC(=O)CCCCCCCCc2oc(CCCCC)c(C)c2C)o1. The van der Waals surface area contributed by atoms with E-state index in [0.717, 1.165) is 101 Å². The molecule has 0 aliphatic heterocycles. The normalized spacial score (nSPS) is 13.2. The average Bonchev–Trinajstić information content (AvgIpc) is 3.72. The number of unbranched alkanes of at least 4 members (excludes halogenated alkanes) is 18. The van der Waals surface area contributed by atoms with Crippen molar-refractivity contribution in [3.63, 3.8) is 0 Å². The Balaban J connectivity index is 1.61. The number of rotatable bonds is 40. The Morgan fingerprint density at radius 1 is 0.613 bits per heavy atom. The monoisotopic (exact) mass is 894 g/mol. The van der Waals surface area contributed by atoms with Gasteiger partial charge in [-0.3, -0.25) is 18.6 Å². The smallest absolute Gasteiger partial charge is 0.466 e. The number of phosphoric acid groups is 1. The minimum atomic E-state index is -4.39. The molecule has 0 bridgehead atoms. The van der Waals surface area contributed by atoms with E-state index in [1.165, 1.54) is 99.5 Å². The molecule has 12 heteroatoms. The molecule has 62 heavy (non-hydrogen) atoms. The second-order valence-corrected chi connectivity index (χ2v) is 19.2. The molecule has 0 aliphatic rings. The summed E-state index contributed by atoms with van der Waals surface area (Å²) in [4.78, 5) is 37.4. The number of aryl methyl sites for hydroxylation is 5. The molecule has 2 aromatic rings. The summed E-state index contributed by atoms with van der Waals surface area (Å²) in [5, 5.41) is 0. The van der Waals surface area contributed by atoms with Crippen LogP contribution in [0.2, 0.25) is 0 Å². The lowest BCUT2D eigenvalue weighted by molar-refractivity contribution is -0.161. The van der Waals surface area contributed by atoms with Gasteiger partial charge in [0.25, 0.3) is 0 Å². The van der Waals surface area contributed by atoms with E-state index in [-0.39, 0.29) is 32.0 Å². The first-order valence-electron chi connectivity index (χ1n) is 24.6. The van der Waals surface area contributed by atoms with Gasteiger partial charge in [0.1, 0.15) is 29.6 Å². The van der Waals surface area contributed by atoms with Gasteiger partial charge < -0.3 is 28.1 Å². The number of carbonyl (C=O) groups is 2. The van der Waals surface area contributed by atoms with Crippen molar-refractivity contribution in [1.29, 1.82) is 0 Å². The number of likely N-dealkylation sites (N-methyl/N-ethyl adjacent to an activating group) is 1. The molecule has 0 amide bonds. The zero-order valence-corrected chi connectivity index (χ0v) is 41.2. The molecular formula is C50H88NO10P. The summed E-state index contributed by atoms with van der Waals surface area (Å²) in [5.41, 5.74) is 3.90. The van der Waals surface area contributed by atoms with E-state index >= 15 is 0 Å². The van der Waals surface area contributed by atoms with Crippen molar-refractivity contribution in [2.45, 2.75) is 221 Å². The number of hydrogen-bond donors (Lipinski definition) is 1. The molecule has 1 unspecified atom stereocenters. The third kappa shape index (κ3) is 26.4. The highest BCUT2D eigenvalue weighted by Crippen LogP contribution is 2.43. The second-order valence-electron chi connectivity index (χ2n) is 17.8. The highest BCUT2D eigenvalue weighted by molar-refractivity contribution is 7.47. The predicted molar refractivity (Wildman–Crippen MR) is 250 cm³/mol. The van der Waals surface area contributed by atoms with Crippen LogP contribution in [0.3, 0.4) is 0 Å². The predicted octanol–water partition coefficient (Wildman–Crippen LogP) is 13.2. The first-order valence-corrected chi connectivity index (χ1v) is 26.1. The summed E-state index contributed by atoms with van der Waals surface area (Å²) in [7, 11) is -0.745. The topological polar surface area (TPSA) is 138 Å². The summed E-state index contributed by atoms with van der Waals surface area (Å²) in [6.45, 7) is 10.7. The van der Waals surface area contributed by atoms with Crippen LogP contribution >= 0.6 is 7.82 Å². The lowest BCUT2D eigenvalue weighted by atomic mass is 10.0. The summed E-state index contributed by atoms with van der Waals surface area (Å²) < 4.78 is 46.0. The van der Waals surface area contributed by atoms with Gasteiger partial charge in [0, 0.05) is 45.1 Å². The molecule has 0 saturated carbocycles. The standard InChI is InChI=1S/C50H88NO10P/c1-8-10-24-30-44-38-41(3)46(59-44)31-26-20-16-14-12-13-15-17-22-28-34-49(52)56-39-45(40-58-62(54,55)57-37-36-51(6)7)60-50(53)35-29-23-19-18-21-27-33-48-43(5)42(4)47(61-48)32-25-11-9-2/h38,45H,8-37,39-40H2,1-7H3,(H,54,55)/t45-/m1/s1. The Bertz CT molecular complexity index is 1520. The van der Waals surface area contributed by atoms with Gasteiger partial charge in [-0.2, -0.15) is 0 Å². The van der Waals surface area contributed by atoms with E-state index in [1.54, 1.807) is 0 Å². The van der Waals surface area contributed by atoms with Crippen LogP contribution in [-0.4, -0.2) is 68.3 Å². The maximum atomic E-state index is 12.8. The van der Waals surface area contributed by atoms with Crippen molar-refractivity contribution in [3.8, 4) is 0 Å². The van der Waals surface area contributed by atoms with Gasteiger partial charge in [0.15, 0.2) is 6.10 Å². The van der Waals surface area contributed by atoms with Crippen LogP contribution in [0.4, 0.5) is 0 Å². The highest BCUT2D eigenvalue weighted by Gasteiger charge is 2.26. The van der Waals surface area contributed by atoms with Crippen molar-refractivity contribution < 1.29 is 46.4 Å². The molecule has 1 N–H and O–H groups in total. The first kappa shape index (κ1) is 55.7. The maximum Gasteiger partial charge on any atom is 0.472 e. The molecule has 2 aromatic heterocycles. The minimum absolute atomic E-state index is 0.00465. The number of phosphoric ester groups is 1. The number of ether oxygens (including phenoxy) is 2. The van der Waals surface area contributed by atoms with E-state index in [4.69, 9.17) is 27.4 Å². The van der Waals surface area contributed by atoms with Gasteiger partial charge in [-0.15, -0.1) is 0 Å². The van der Waals surface area contributed by atoms with E-state index < -0.39 is 26.5 Å². The maximum absolute atomic E-state index is 12.8. The largest absolute Gasteiger partial charge is 0.472 e. The third-order valence-electron chi connectivity index (χ3n) is 11.8. The van der Waals surface area contributed by atoms with Gasteiger partial charge in [-0.05, 0) is 96.1 Å². The van der Waals surface area contributed by atoms with Crippen molar-refractivity contribution in [2.75, 3.05) is 40.5 Å². The molecular weight excluding hydrogens is 806 g/mol. The van der Waals surface area contributed by atoms with Crippen LogP contribution < -0.4 is 0 Å². The quantitative estimate of drug-likeness (QED) is 0.0389. The summed E-state index contributed by atoms with van der Waals surface area (Å²) in [5.74, 6) is 3.75. The van der Waals surface area contributed by atoms with Gasteiger partial charge in [0.05, 0.1) is 13.2 Å². The van der Waals surface area contributed by atoms with Crippen LogP contribution in [0, 0.1) is 20.8 Å². The Hall–Kier alpha value is -2.43. The van der Waals surface area contributed by atoms with E-state index in [2.05, 4.69) is 40.7 Å². The van der Waals surface area contributed by atoms with Gasteiger partial charge in [0.2, 0.25) is 0 Å². The van der Waals surface area contributed by atoms with E-state index in [9.17, 15) is 19.0 Å². The molecule has 2 atom stereocenters. The van der Waals surface area contributed by atoms with Gasteiger partial charge >= 0.3 is 19.8 Å². The molecule has 0 saturated heterocycles. The Labute approximate surface area is 376 Å². The summed E-state index contributed by atoms with van der Waals surface area (Å²) in [6, 6.07) is 2.23. The van der Waals surface area contributed by atoms with Crippen molar-refractivity contribution in [3.05, 3.63) is 45.8 Å². The average molecular weight is 894 g/mol. The number of furan rings is 2. The van der Waals surface area contributed by atoms with Crippen LogP contribution in [0.15, 0.2) is 14.9 Å². The second kappa shape index (κ2) is 34.0. The van der Waals surface area contributed by atoms with E-state index in [1.807, 2.05) is 19.0 Å². The molecule has 358 valence electrons. The Kier molecular flexibility index (Phi) is 30.5. The third-order valence-corrected chi connectivity index (χ3v) is 12.7. The Morgan fingerprint density at radius 3 is 1.61 bits per heavy atom. The van der Waals surface area contributed by atoms with E-state index in [0.29, 0.717) is 13.0 Å². The molecule has 2 rings (SSSR count). The lowest BCUT2D eigenvalue weighted by Gasteiger charge is -2.20. The zero-order chi connectivity index (χ0) is 45.4.